The molecule has 0 bridgehead atoms. The molecule has 0 radical (unpaired) electrons. The Labute approximate surface area is 82.4 Å². The Kier molecular flexibility index (Phi) is 2.21. The van der Waals surface area contributed by atoms with Gasteiger partial charge in [-0.05, 0) is 17.1 Å². The minimum absolute atomic E-state index is 0.424. The maximum atomic E-state index is 7.27. The smallest absolute Gasteiger partial charge is 0.225 e. The second-order valence-electron chi connectivity index (χ2n) is 2.56. The van der Waals surface area contributed by atoms with Crippen LogP contribution in [0.25, 0.3) is 0 Å². The van der Waals surface area contributed by atoms with Crippen LogP contribution in [0.1, 0.15) is 6.93 Å². The van der Waals surface area contributed by atoms with Gasteiger partial charge in [-0.1, -0.05) is 30.3 Å². The van der Waals surface area contributed by atoms with E-state index in [0.29, 0.717) is 17.8 Å². The molecule has 0 amide bonds. The number of aromatic nitrogens is 1. The fourth-order valence-corrected chi connectivity index (χ4v) is 1.38. The van der Waals surface area contributed by atoms with Crippen LogP contribution in [0.4, 0.5) is 0 Å². The maximum absolute atomic E-state index is 7.27. The van der Waals surface area contributed by atoms with Gasteiger partial charge in [0.25, 0.3) is 0 Å². The SMILES string of the molecule is [2H]c1cc(OCc2ccccc2)ns1. The molecule has 3 heteroatoms. The normalized spacial score (nSPS) is 10.9. The first-order valence-corrected chi connectivity index (χ1v) is 4.72. The number of hydrogen-bond donors (Lipinski definition) is 0. The number of benzene rings is 1. The van der Waals surface area contributed by atoms with Gasteiger partial charge in [-0.2, -0.15) is 4.37 Å². The summed E-state index contributed by atoms with van der Waals surface area (Å²) in [6, 6.07) is 11.5. The standard InChI is InChI=1S/C10H9NOS/c1-2-4-9(5-3-1)8-12-10-6-7-13-11-10/h1-7H,8H2/i7D. The highest BCUT2D eigenvalue weighted by Gasteiger charge is 1.95. The molecule has 1 heterocycles. The molecule has 66 valence electrons. The van der Waals surface area contributed by atoms with E-state index < -0.39 is 0 Å². The van der Waals surface area contributed by atoms with Crippen LogP contribution in [0.5, 0.6) is 5.88 Å². The van der Waals surface area contributed by atoms with Gasteiger partial charge < -0.3 is 4.74 Å². The third kappa shape index (κ3) is 2.29. The molecule has 0 saturated carbocycles. The molecule has 2 nitrogen and oxygen atoms in total. The van der Waals surface area contributed by atoms with Crippen molar-refractivity contribution >= 4 is 11.5 Å². The lowest BCUT2D eigenvalue weighted by molar-refractivity contribution is 0.297. The molecule has 13 heavy (non-hydrogen) atoms. The second kappa shape index (κ2) is 4.05. The number of hydrogen-bond acceptors (Lipinski definition) is 3. The summed E-state index contributed by atoms with van der Waals surface area (Å²) in [6.07, 6.45) is 0. The number of rotatable bonds is 3. The molecule has 1 aromatic carbocycles. The van der Waals surface area contributed by atoms with E-state index in [1.165, 1.54) is 0 Å². The average molecular weight is 192 g/mol. The lowest BCUT2D eigenvalue weighted by Crippen LogP contribution is -1.94. The minimum Gasteiger partial charge on any atom is -0.472 e. The Morgan fingerprint density at radius 1 is 1.31 bits per heavy atom. The van der Waals surface area contributed by atoms with Gasteiger partial charge in [0.15, 0.2) is 0 Å². The average Bonchev–Trinajstić information content (AvgIpc) is 2.63. The summed E-state index contributed by atoms with van der Waals surface area (Å²) in [6.45, 7) is 0.504. The molecular weight excluding hydrogens is 182 g/mol. The van der Waals surface area contributed by atoms with Crippen LogP contribution >= 0.6 is 11.5 Å². The largest absolute Gasteiger partial charge is 0.472 e. The number of ether oxygens (including phenoxy) is 1. The lowest BCUT2D eigenvalue weighted by atomic mass is 10.2. The van der Waals surface area contributed by atoms with E-state index in [1.54, 1.807) is 6.07 Å². The maximum Gasteiger partial charge on any atom is 0.225 e. The Balaban J connectivity index is 1.95. The summed E-state index contributed by atoms with van der Waals surface area (Å²) in [7, 11) is 0. The van der Waals surface area contributed by atoms with Gasteiger partial charge in [-0.15, -0.1) is 0 Å². The minimum atomic E-state index is 0.424. The summed E-state index contributed by atoms with van der Waals surface area (Å²) >= 11 is 1.13. The molecule has 0 atom stereocenters. The predicted octanol–water partition coefficient (Wildman–Crippen LogP) is 2.72. The second-order valence-corrected chi connectivity index (χ2v) is 3.16. The van der Waals surface area contributed by atoms with Crippen molar-refractivity contribution in [2.75, 3.05) is 0 Å². The molecule has 0 unspecified atom stereocenters. The Hall–Kier alpha value is -1.35. The van der Waals surface area contributed by atoms with Crippen molar-refractivity contribution in [1.82, 2.24) is 4.37 Å². The van der Waals surface area contributed by atoms with Gasteiger partial charge in [0, 0.05) is 11.4 Å². The topological polar surface area (TPSA) is 22.1 Å². The van der Waals surface area contributed by atoms with Gasteiger partial charge in [0.2, 0.25) is 5.88 Å². The van der Waals surface area contributed by atoms with Gasteiger partial charge in [0.05, 0.1) is 1.37 Å². The van der Waals surface area contributed by atoms with Crippen LogP contribution in [0.2, 0.25) is 0 Å². The van der Waals surface area contributed by atoms with Crippen molar-refractivity contribution in [2.24, 2.45) is 0 Å². The van der Waals surface area contributed by atoms with E-state index in [2.05, 4.69) is 4.37 Å². The fraction of sp³-hybridized carbons (Fsp3) is 0.100. The Morgan fingerprint density at radius 3 is 2.85 bits per heavy atom. The zero-order valence-corrected chi connectivity index (χ0v) is 7.75. The van der Waals surface area contributed by atoms with Gasteiger partial charge in [-0.3, -0.25) is 0 Å². The zero-order valence-electron chi connectivity index (χ0n) is 7.93. The van der Waals surface area contributed by atoms with E-state index in [-0.39, 0.29) is 0 Å². The molecule has 1 aromatic heterocycles. The first-order chi connectivity index (χ1) is 6.84. The van der Waals surface area contributed by atoms with Crippen LogP contribution in [0, 0.1) is 0 Å². The van der Waals surface area contributed by atoms with Crippen LogP contribution in [0.3, 0.4) is 0 Å². The van der Waals surface area contributed by atoms with Crippen LogP contribution < -0.4 is 4.74 Å². The predicted molar refractivity (Wildman–Crippen MR) is 52.9 cm³/mol. The lowest BCUT2D eigenvalue weighted by Gasteiger charge is -2.01. The summed E-state index contributed by atoms with van der Waals surface area (Å²) in [5.74, 6) is 0.531. The van der Waals surface area contributed by atoms with Crippen molar-refractivity contribution in [2.45, 2.75) is 6.61 Å². The van der Waals surface area contributed by atoms with Crippen LogP contribution in [-0.4, -0.2) is 4.37 Å². The summed E-state index contributed by atoms with van der Waals surface area (Å²) in [5.41, 5.74) is 1.10. The quantitative estimate of drug-likeness (QED) is 0.746. The van der Waals surface area contributed by atoms with Crippen molar-refractivity contribution in [1.29, 1.82) is 0 Å². The summed E-state index contributed by atoms with van der Waals surface area (Å²) < 4.78 is 16.6. The monoisotopic (exact) mass is 192 g/mol. The first-order valence-electron chi connectivity index (χ1n) is 4.44. The van der Waals surface area contributed by atoms with E-state index in [9.17, 15) is 0 Å². The fourth-order valence-electron chi connectivity index (χ4n) is 0.974. The molecule has 0 fully saturated rings. The summed E-state index contributed by atoms with van der Waals surface area (Å²) in [5, 5.41) is 0.424. The van der Waals surface area contributed by atoms with Gasteiger partial charge in [-0.25, -0.2) is 0 Å². The Bertz CT molecular complexity index is 402. The Morgan fingerprint density at radius 2 is 2.15 bits per heavy atom. The molecule has 0 saturated heterocycles. The summed E-state index contributed by atoms with van der Waals surface area (Å²) in [4.78, 5) is 0. The van der Waals surface area contributed by atoms with Crippen molar-refractivity contribution in [3.63, 3.8) is 0 Å². The zero-order chi connectivity index (χ0) is 9.80. The molecule has 2 aromatic rings. The van der Waals surface area contributed by atoms with Crippen LogP contribution in [-0.2, 0) is 6.61 Å². The van der Waals surface area contributed by atoms with Crippen molar-refractivity contribution in [3.8, 4) is 5.88 Å². The van der Waals surface area contributed by atoms with Gasteiger partial charge in [0.1, 0.15) is 6.61 Å². The van der Waals surface area contributed by atoms with Crippen LogP contribution in [0.15, 0.2) is 41.8 Å². The molecule has 0 spiro atoms. The highest BCUT2D eigenvalue weighted by molar-refractivity contribution is 7.03. The van der Waals surface area contributed by atoms with Crippen molar-refractivity contribution in [3.05, 3.63) is 47.3 Å². The van der Waals surface area contributed by atoms with E-state index in [0.717, 1.165) is 17.1 Å². The highest BCUT2D eigenvalue weighted by Crippen LogP contribution is 2.11. The first kappa shape index (κ1) is 7.09. The third-order valence-corrected chi connectivity index (χ3v) is 2.09. The third-order valence-electron chi connectivity index (χ3n) is 1.60. The van der Waals surface area contributed by atoms with Gasteiger partial charge >= 0.3 is 0 Å². The van der Waals surface area contributed by atoms with Crippen molar-refractivity contribution < 1.29 is 6.11 Å². The molecule has 0 N–H and O–H groups in total. The molecule has 0 aliphatic heterocycles. The van der Waals surface area contributed by atoms with E-state index in [1.807, 2.05) is 30.3 Å². The van der Waals surface area contributed by atoms with E-state index in [4.69, 9.17) is 6.11 Å². The highest BCUT2D eigenvalue weighted by atomic mass is 32.1. The number of nitrogens with zero attached hydrogens (tertiary/aromatic N) is 1. The molecular formula is C10H9NOS. The molecule has 2 rings (SSSR count). The molecule has 0 aliphatic carbocycles. The molecule has 0 aliphatic rings. The van der Waals surface area contributed by atoms with E-state index >= 15 is 0 Å².